The smallest absolute Gasteiger partial charge is 0.257 e. The lowest BCUT2D eigenvalue weighted by molar-refractivity contribution is -0.122. The minimum Gasteiger partial charge on any atom is -0.484 e. The summed E-state index contributed by atoms with van der Waals surface area (Å²) in [4.78, 5) is 26.4. The fourth-order valence-corrected chi connectivity index (χ4v) is 4.92. The summed E-state index contributed by atoms with van der Waals surface area (Å²) in [6.07, 6.45) is 2.63. The average molecular weight is 535 g/mol. The molecule has 0 radical (unpaired) electrons. The number of likely N-dealkylation sites (tertiary alicyclic amines) is 1. The largest absolute Gasteiger partial charge is 0.484 e. The average Bonchev–Trinajstić information content (AvgIpc) is 3.69. The van der Waals surface area contributed by atoms with E-state index < -0.39 is 0 Å². The van der Waals surface area contributed by atoms with Crippen LogP contribution in [0, 0.1) is 0 Å². The van der Waals surface area contributed by atoms with Gasteiger partial charge in [0.15, 0.2) is 23.8 Å². The van der Waals surface area contributed by atoms with Gasteiger partial charge in [0.05, 0.1) is 16.9 Å². The zero-order valence-electron chi connectivity index (χ0n) is 20.8. The normalized spacial score (nSPS) is 16.6. The molecule has 196 valence electrons. The first-order chi connectivity index (χ1) is 18.6. The lowest BCUT2D eigenvalue weighted by Gasteiger charge is -2.18. The maximum Gasteiger partial charge on any atom is 0.257 e. The SMILES string of the molecule is CNC(=O)COc1ccc(-c2nc3c(NC4CCN(Cc5ccc6c(c5)OCO6)C4)c(Cl)cnc3[nH]2)cc1. The third kappa shape index (κ3) is 5.05. The number of rotatable bonds is 8. The van der Waals surface area contributed by atoms with E-state index in [9.17, 15) is 4.79 Å². The van der Waals surface area contributed by atoms with E-state index in [-0.39, 0.29) is 25.3 Å². The monoisotopic (exact) mass is 534 g/mol. The molecule has 1 atom stereocenters. The Balaban J connectivity index is 1.14. The van der Waals surface area contributed by atoms with Crippen molar-refractivity contribution >= 4 is 34.4 Å². The van der Waals surface area contributed by atoms with E-state index in [4.69, 9.17) is 30.8 Å². The molecule has 0 aliphatic carbocycles. The molecule has 11 heteroatoms. The molecule has 1 unspecified atom stereocenters. The van der Waals surface area contributed by atoms with Gasteiger partial charge in [0.25, 0.3) is 5.91 Å². The van der Waals surface area contributed by atoms with Crippen LogP contribution in [-0.2, 0) is 11.3 Å². The number of nitrogens with one attached hydrogen (secondary N) is 3. The van der Waals surface area contributed by atoms with E-state index in [1.165, 1.54) is 5.56 Å². The van der Waals surface area contributed by atoms with Gasteiger partial charge in [-0.15, -0.1) is 0 Å². The predicted molar refractivity (Wildman–Crippen MR) is 144 cm³/mol. The minimum absolute atomic E-state index is 0.0345. The molecule has 1 amide bonds. The predicted octanol–water partition coefficient (Wildman–Crippen LogP) is 3.82. The lowest BCUT2D eigenvalue weighted by Crippen LogP contribution is -2.26. The highest BCUT2D eigenvalue weighted by atomic mass is 35.5. The number of ether oxygens (including phenoxy) is 3. The number of aromatic amines is 1. The molecular formula is C27H27ClN6O4. The van der Waals surface area contributed by atoms with Crippen molar-refractivity contribution in [3.8, 4) is 28.6 Å². The number of imidazole rings is 1. The zero-order valence-corrected chi connectivity index (χ0v) is 21.5. The molecule has 4 heterocycles. The van der Waals surface area contributed by atoms with Gasteiger partial charge in [-0.1, -0.05) is 17.7 Å². The van der Waals surface area contributed by atoms with E-state index in [2.05, 4.69) is 37.6 Å². The highest BCUT2D eigenvalue weighted by Crippen LogP contribution is 2.34. The summed E-state index contributed by atoms with van der Waals surface area (Å²) in [5.74, 6) is 2.69. The number of likely N-dealkylation sites (N-methyl/N-ethyl adjacent to an activating group) is 1. The summed E-state index contributed by atoms with van der Waals surface area (Å²) in [6, 6.07) is 13.7. The topological polar surface area (TPSA) is 114 Å². The molecule has 2 aromatic heterocycles. The second kappa shape index (κ2) is 10.4. The van der Waals surface area contributed by atoms with Crippen molar-refractivity contribution in [1.82, 2.24) is 25.2 Å². The summed E-state index contributed by atoms with van der Waals surface area (Å²) in [5.41, 5.74) is 4.19. The van der Waals surface area contributed by atoms with E-state index in [0.717, 1.165) is 48.8 Å². The Bertz CT molecular complexity index is 1470. The molecule has 2 aliphatic heterocycles. The van der Waals surface area contributed by atoms with Gasteiger partial charge in [-0.2, -0.15) is 0 Å². The molecule has 2 aromatic carbocycles. The van der Waals surface area contributed by atoms with E-state index >= 15 is 0 Å². The number of carbonyl (C=O) groups excluding carboxylic acids is 1. The number of aromatic nitrogens is 3. The van der Waals surface area contributed by atoms with Crippen LogP contribution in [0.3, 0.4) is 0 Å². The number of halogens is 1. The van der Waals surface area contributed by atoms with Crippen molar-refractivity contribution in [2.75, 3.05) is 38.9 Å². The van der Waals surface area contributed by atoms with E-state index in [0.29, 0.717) is 27.8 Å². The molecule has 0 saturated carbocycles. The number of benzene rings is 2. The number of H-pyrrole nitrogens is 1. The fourth-order valence-electron chi connectivity index (χ4n) is 4.73. The number of carbonyl (C=O) groups is 1. The summed E-state index contributed by atoms with van der Waals surface area (Å²) in [5, 5.41) is 6.68. The van der Waals surface area contributed by atoms with Crippen LogP contribution in [0.5, 0.6) is 17.2 Å². The Morgan fingerprint density at radius 2 is 2.05 bits per heavy atom. The molecule has 38 heavy (non-hydrogen) atoms. The standard InChI is InChI=1S/C27H27ClN6O4/c1-29-23(35)14-36-19-5-3-17(4-6-19)26-32-25-24(20(28)11-30-27(25)33-26)31-18-8-9-34(13-18)12-16-2-7-21-22(10-16)38-15-37-21/h2-7,10-11,18H,8-9,12-15H2,1H3,(H,29,35)(H2,30,31,32,33). The van der Waals surface area contributed by atoms with Crippen molar-refractivity contribution in [2.24, 2.45) is 0 Å². The van der Waals surface area contributed by atoms with Crippen LogP contribution in [0.1, 0.15) is 12.0 Å². The first kappa shape index (κ1) is 24.3. The van der Waals surface area contributed by atoms with Crippen LogP contribution in [0.2, 0.25) is 5.02 Å². The van der Waals surface area contributed by atoms with Crippen molar-refractivity contribution in [3.05, 3.63) is 59.2 Å². The summed E-state index contributed by atoms with van der Waals surface area (Å²) in [6.45, 7) is 2.93. The third-order valence-electron chi connectivity index (χ3n) is 6.71. The molecule has 0 spiro atoms. The first-order valence-corrected chi connectivity index (χ1v) is 12.8. The molecular weight excluding hydrogens is 508 g/mol. The number of nitrogens with zero attached hydrogens (tertiary/aromatic N) is 3. The lowest BCUT2D eigenvalue weighted by atomic mass is 10.2. The maximum atomic E-state index is 11.4. The van der Waals surface area contributed by atoms with Crippen LogP contribution in [0.25, 0.3) is 22.6 Å². The Kier molecular flexibility index (Phi) is 6.65. The van der Waals surface area contributed by atoms with Crippen LogP contribution >= 0.6 is 11.6 Å². The Morgan fingerprint density at radius 1 is 1.21 bits per heavy atom. The van der Waals surface area contributed by atoms with Crippen molar-refractivity contribution in [1.29, 1.82) is 0 Å². The summed E-state index contributed by atoms with van der Waals surface area (Å²) >= 11 is 6.58. The number of anilines is 1. The fraction of sp³-hybridized carbons (Fsp3) is 0.296. The number of fused-ring (bicyclic) bond motifs is 2. The van der Waals surface area contributed by atoms with Gasteiger partial charge in [-0.3, -0.25) is 9.69 Å². The number of pyridine rings is 1. The number of amides is 1. The molecule has 4 aromatic rings. The molecule has 6 rings (SSSR count). The molecule has 0 bridgehead atoms. The van der Waals surface area contributed by atoms with E-state index in [1.807, 2.05) is 18.2 Å². The van der Waals surface area contributed by atoms with Gasteiger partial charge in [-0.25, -0.2) is 9.97 Å². The van der Waals surface area contributed by atoms with Gasteiger partial charge in [0, 0.05) is 38.3 Å². The van der Waals surface area contributed by atoms with Crippen LogP contribution in [0.4, 0.5) is 5.69 Å². The minimum atomic E-state index is -0.187. The molecule has 1 fully saturated rings. The number of hydrogen-bond donors (Lipinski definition) is 3. The second-order valence-electron chi connectivity index (χ2n) is 9.30. The molecule has 1 saturated heterocycles. The van der Waals surface area contributed by atoms with Crippen molar-refractivity contribution in [3.63, 3.8) is 0 Å². The second-order valence-corrected chi connectivity index (χ2v) is 9.71. The molecule has 3 N–H and O–H groups in total. The summed E-state index contributed by atoms with van der Waals surface area (Å²) < 4.78 is 16.4. The van der Waals surface area contributed by atoms with Gasteiger partial charge < -0.3 is 29.8 Å². The van der Waals surface area contributed by atoms with Crippen LogP contribution < -0.4 is 24.8 Å². The van der Waals surface area contributed by atoms with Gasteiger partial charge in [0.2, 0.25) is 6.79 Å². The van der Waals surface area contributed by atoms with Crippen LogP contribution in [0.15, 0.2) is 48.7 Å². The summed E-state index contributed by atoms with van der Waals surface area (Å²) in [7, 11) is 1.57. The third-order valence-corrected chi connectivity index (χ3v) is 6.99. The highest BCUT2D eigenvalue weighted by molar-refractivity contribution is 6.34. The van der Waals surface area contributed by atoms with Gasteiger partial charge >= 0.3 is 0 Å². The Labute approximate surface area is 224 Å². The molecule has 10 nitrogen and oxygen atoms in total. The maximum absolute atomic E-state index is 11.4. The van der Waals surface area contributed by atoms with Gasteiger partial charge in [-0.05, 0) is 48.4 Å². The van der Waals surface area contributed by atoms with Gasteiger partial charge in [0.1, 0.15) is 17.1 Å². The Morgan fingerprint density at radius 3 is 2.89 bits per heavy atom. The quantitative estimate of drug-likeness (QED) is 0.313. The highest BCUT2D eigenvalue weighted by Gasteiger charge is 2.25. The first-order valence-electron chi connectivity index (χ1n) is 12.4. The Hall–Kier alpha value is -4.02. The van der Waals surface area contributed by atoms with Crippen molar-refractivity contribution in [2.45, 2.75) is 19.0 Å². The zero-order chi connectivity index (χ0) is 26.1. The molecule has 2 aliphatic rings. The van der Waals surface area contributed by atoms with E-state index in [1.54, 1.807) is 25.4 Å². The van der Waals surface area contributed by atoms with Crippen molar-refractivity contribution < 1.29 is 19.0 Å². The van der Waals surface area contributed by atoms with Crippen LogP contribution in [-0.4, -0.2) is 65.3 Å². The number of hydrogen-bond acceptors (Lipinski definition) is 8.